The Bertz CT molecular complexity index is 632. The predicted octanol–water partition coefficient (Wildman–Crippen LogP) is 2.77. The summed E-state index contributed by atoms with van der Waals surface area (Å²) < 4.78 is 23.4. The quantitative estimate of drug-likeness (QED) is 0.838. The van der Waals surface area contributed by atoms with Crippen LogP contribution >= 0.6 is 11.6 Å². The van der Waals surface area contributed by atoms with Gasteiger partial charge in [-0.1, -0.05) is 11.6 Å². The Kier molecular flexibility index (Phi) is 4.36. The van der Waals surface area contributed by atoms with E-state index >= 15 is 0 Å². The summed E-state index contributed by atoms with van der Waals surface area (Å²) in [5, 5.41) is 0.567. The Morgan fingerprint density at radius 1 is 1.24 bits per heavy atom. The number of carbonyl (C=O) groups is 1. The first-order valence-electron chi connectivity index (χ1n) is 6.90. The van der Waals surface area contributed by atoms with E-state index in [1.54, 1.807) is 29.2 Å². The normalized spacial score (nSPS) is 21.2. The van der Waals surface area contributed by atoms with Gasteiger partial charge in [0.2, 0.25) is 0 Å². The van der Waals surface area contributed by atoms with E-state index in [9.17, 15) is 13.2 Å². The number of halogens is 1. The molecule has 1 aliphatic rings. The third-order valence-electron chi connectivity index (χ3n) is 3.61. The Morgan fingerprint density at radius 2 is 1.81 bits per heavy atom. The van der Waals surface area contributed by atoms with Gasteiger partial charge in [0.1, 0.15) is 0 Å². The molecule has 1 atom stereocenters. The monoisotopic (exact) mass is 329 g/mol. The second-order valence-electron chi connectivity index (χ2n) is 6.41. The smallest absolute Gasteiger partial charge is 0.254 e. The Morgan fingerprint density at radius 3 is 2.24 bits per heavy atom. The summed E-state index contributed by atoms with van der Waals surface area (Å²) in [6, 6.07) is 6.42. The second kappa shape index (κ2) is 5.61. The number of rotatable bonds is 2. The van der Waals surface area contributed by atoms with E-state index in [2.05, 4.69) is 0 Å². The molecule has 1 saturated heterocycles. The molecule has 1 aromatic carbocycles. The zero-order valence-corrected chi connectivity index (χ0v) is 14.0. The van der Waals surface area contributed by atoms with Gasteiger partial charge in [-0.25, -0.2) is 8.42 Å². The molecule has 1 aliphatic heterocycles. The van der Waals surface area contributed by atoms with Crippen LogP contribution in [0, 0.1) is 0 Å². The highest BCUT2D eigenvalue weighted by molar-refractivity contribution is 7.91. The van der Waals surface area contributed by atoms with E-state index in [4.69, 9.17) is 11.6 Å². The summed E-state index contributed by atoms with van der Waals surface area (Å²) in [6.45, 7) is 5.77. The third-order valence-corrected chi connectivity index (χ3v) is 5.61. The first-order chi connectivity index (χ1) is 9.60. The number of nitrogens with zero attached hydrogens (tertiary/aromatic N) is 1. The highest BCUT2D eigenvalue weighted by Crippen LogP contribution is 2.27. The molecule has 0 aliphatic carbocycles. The lowest BCUT2D eigenvalue weighted by atomic mass is 10.00. The van der Waals surface area contributed by atoms with Crippen molar-refractivity contribution in [2.24, 2.45) is 0 Å². The van der Waals surface area contributed by atoms with Gasteiger partial charge in [0.25, 0.3) is 5.91 Å². The van der Waals surface area contributed by atoms with Gasteiger partial charge < -0.3 is 4.90 Å². The van der Waals surface area contributed by atoms with Crippen molar-refractivity contribution >= 4 is 27.3 Å². The van der Waals surface area contributed by atoms with Crippen molar-refractivity contribution in [2.45, 2.75) is 38.8 Å². The van der Waals surface area contributed by atoms with Gasteiger partial charge in [-0.05, 0) is 51.5 Å². The minimum atomic E-state index is -3.04. The van der Waals surface area contributed by atoms with Crippen LogP contribution < -0.4 is 0 Å². The van der Waals surface area contributed by atoms with Gasteiger partial charge >= 0.3 is 0 Å². The molecule has 0 radical (unpaired) electrons. The Hall–Kier alpha value is -1.07. The molecule has 21 heavy (non-hydrogen) atoms. The number of benzene rings is 1. The van der Waals surface area contributed by atoms with E-state index in [0.717, 1.165) is 0 Å². The van der Waals surface area contributed by atoms with E-state index in [-0.39, 0.29) is 23.5 Å². The molecule has 0 bridgehead atoms. The lowest BCUT2D eigenvalue weighted by Gasteiger charge is -2.40. The first kappa shape index (κ1) is 16.3. The highest BCUT2D eigenvalue weighted by Gasteiger charge is 2.40. The number of hydrogen-bond acceptors (Lipinski definition) is 3. The minimum Gasteiger partial charge on any atom is -0.330 e. The van der Waals surface area contributed by atoms with Crippen LogP contribution in [0.2, 0.25) is 5.02 Å². The molecule has 1 unspecified atom stereocenters. The summed E-state index contributed by atoms with van der Waals surface area (Å²) in [6.07, 6.45) is 0.499. The van der Waals surface area contributed by atoms with Crippen molar-refractivity contribution in [3.8, 4) is 0 Å². The zero-order valence-electron chi connectivity index (χ0n) is 12.5. The van der Waals surface area contributed by atoms with Crippen molar-refractivity contribution in [1.82, 2.24) is 4.90 Å². The van der Waals surface area contributed by atoms with Crippen LogP contribution in [-0.4, -0.2) is 42.3 Å². The summed E-state index contributed by atoms with van der Waals surface area (Å²) in [5.74, 6) is 0.0446. The van der Waals surface area contributed by atoms with Crippen LogP contribution in [0.15, 0.2) is 24.3 Å². The fraction of sp³-hybridized carbons (Fsp3) is 0.533. The van der Waals surface area contributed by atoms with Gasteiger partial charge in [0.05, 0.1) is 11.5 Å². The van der Waals surface area contributed by atoms with Gasteiger partial charge in [-0.3, -0.25) is 4.79 Å². The maximum Gasteiger partial charge on any atom is 0.254 e. The van der Waals surface area contributed by atoms with E-state index in [1.807, 2.05) is 20.8 Å². The minimum absolute atomic E-state index is 0.0452. The van der Waals surface area contributed by atoms with Crippen LogP contribution in [0.3, 0.4) is 0 Å². The largest absolute Gasteiger partial charge is 0.330 e. The maximum atomic E-state index is 12.8. The molecule has 2 rings (SSSR count). The molecule has 6 heteroatoms. The number of carbonyl (C=O) groups excluding carboxylic acids is 1. The van der Waals surface area contributed by atoms with Gasteiger partial charge in [-0.15, -0.1) is 0 Å². The topological polar surface area (TPSA) is 54.5 Å². The fourth-order valence-corrected chi connectivity index (χ4v) is 4.55. The predicted molar refractivity (Wildman–Crippen MR) is 84.4 cm³/mol. The molecule has 116 valence electrons. The Balaban J connectivity index is 2.33. The summed E-state index contributed by atoms with van der Waals surface area (Å²) in [7, 11) is -3.04. The SMILES string of the molecule is CC(C)(C)N(C(=O)c1ccc(Cl)cc1)C1CCS(=O)(=O)C1. The van der Waals surface area contributed by atoms with Gasteiger partial charge in [0, 0.05) is 22.2 Å². The number of amides is 1. The summed E-state index contributed by atoms with van der Waals surface area (Å²) in [5.41, 5.74) is 0.0833. The average molecular weight is 330 g/mol. The highest BCUT2D eigenvalue weighted by atomic mass is 35.5. The molecule has 0 aromatic heterocycles. The lowest BCUT2D eigenvalue weighted by Crippen LogP contribution is -2.52. The maximum absolute atomic E-state index is 12.8. The van der Waals surface area contributed by atoms with Crippen molar-refractivity contribution in [3.63, 3.8) is 0 Å². The van der Waals surface area contributed by atoms with Gasteiger partial charge in [-0.2, -0.15) is 0 Å². The van der Waals surface area contributed by atoms with Crippen molar-refractivity contribution in [1.29, 1.82) is 0 Å². The number of hydrogen-bond donors (Lipinski definition) is 0. The van der Waals surface area contributed by atoms with Crippen LogP contribution in [0.25, 0.3) is 0 Å². The zero-order chi connectivity index (χ0) is 15.8. The lowest BCUT2D eigenvalue weighted by molar-refractivity contribution is 0.0474. The third kappa shape index (κ3) is 3.77. The molecule has 1 heterocycles. The van der Waals surface area contributed by atoms with Crippen LogP contribution in [-0.2, 0) is 9.84 Å². The summed E-state index contributed by atoms with van der Waals surface area (Å²) in [4.78, 5) is 14.5. The van der Waals surface area contributed by atoms with Gasteiger partial charge in [0.15, 0.2) is 9.84 Å². The molecule has 0 saturated carbocycles. The molecule has 4 nitrogen and oxygen atoms in total. The first-order valence-corrected chi connectivity index (χ1v) is 9.10. The van der Waals surface area contributed by atoms with Crippen molar-refractivity contribution < 1.29 is 13.2 Å². The van der Waals surface area contributed by atoms with E-state index < -0.39 is 15.4 Å². The van der Waals surface area contributed by atoms with Crippen molar-refractivity contribution in [2.75, 3.05) is 11.5 Å². The molecule has 1 aromatic rings. The number of sulfone groups is 1. The Labute approximate surface area is 131 Å². The summed E-state index contributed by atoms with van der Waals surface area (Å²) >= 11 is 5.85. The molecular formula is C15H20ClNO3S. The van der Waals surface area contributed by atoms with Crippen molar-refractivity contribution in [3.05, 3.63) is 34.9 Å². The van der Waals surface area contributed by atoms with E-state index in [0.29, 0.717) is 17.0 Å². The van der Waals surface area contributed by atoms with Crippen LogP contribution in [0.4, 0.5) is 0 Å². The molecule has 1 fully saturated rings. The molecular weight excluding hydrogens is 310 g/mol. The van der Waals surface area contributed by atoms with Crippen LogP contribution in [0.5, 0.6) is 0 Å². The van der Waals surface area contributed by atoms with E-state index in [1.165, 1.54) is 0 Å². The second-order valence-corrected chi connectivity index (χ2v) is 9.07. The fourth-order valence-electron chi connectivity index (χ4n) is 2.73. The average Bonchev–Trinajstić information content (AvgIpc) is 2.68. The molecule has 0 spiro atoms. The molecule has 1 amide bonds. The standard InChI is InChI=1S/C15H20ClNO3S/c1-15(2,3)17(13-8-9-21(19,20)10-13)14(18)11-4-6-12(16)7-5-11/h4-7,13H,8-10H2,1-3H3. The molecule has 0 N–H and O–H groups in total. The van der Waals surface area contributed by atoms with Crippen LogP contribution in [0.1, 0.15) is 37.6 Å².